The molecule has 1 aliphatic rings. The van der Waals surface area contributed by atoms with Crippen molar-refractivity contribution in [1.29, 1.82) is 0 Å². The van der Waals surface area contributed by atoms with Crippen LogP contribution in [0.15, 0.2) is 4.52 Å². The topological polar surface area (TPSA) is 94.0 Å². The Morgan fingerprint density at radius 3 is 2.75 bits per heavy atom. The first-order chi connectivity index (χ1) is 7.65. The van der Waals surface area contributed by atoms with E-state index in [2.05, 4.69) is 15.5 Å². The van der Waals surface area contributed by atoms with Gasteiger partial charge in [-0.3, -0.25) is 4.79 Å². The van der Waals surface area contributed by atoms with Crippen molar-refractivity contribution in [3.05, 3.63) is 11.7 Å². The summed E-state index contributed by atoms with van der Waals surface area (Å²) in [5.74, 6) is 0.166. The van der Waals surface area contributed by atoms with Gasteiger partial charge in [0, 0.05) is 13.5 Å². The highest BCUT2D eigenvalue weighted by atomic mass is 16.5. The third kappa shape index (κ3) is 2.06. The Morgan fingerprint density at radius 1 is 1.56 bits per heavy atom. The number of nitrogens with two attached hydrogens (primary N) is 1. The second kappa shape index (κ2) is 4.21. The van der Waals surface area contributed by atoms with Crippen LogP contribution >= 0.6 is 0 Å². The number of carbonyl (C=O) groups is 1. The molecule has 1 heterocycles. The fourth-order valence-electron chi connectivity index (χ4n) is 2.12. The quantitative estimate of drug-likeness (QED) is 0.774. The first-order valence-electron chi connectivity index (χ1n) is 5.48. The fourth-order valence-corrected chi connectivity index (χ4v) is 2.12. The van der Waals surface area contributed by atoms with Gasteiger partial charge in [-0.25, -0.2) is 0 Å². The third-order valence-corrected chi connectivity index (χ3v) is 3.06. The molecule has 1 saturated carbocycles. The van der Waals surface area contributed by atoms with Crippen LogP contribution in [-0.4, -0.2) is 28.1 Å². The van der Waals surface area contributed by atoms with Gasteiger partial charge in [0.05, 0.1) is 5.54 Å². The minimum atomic E-state index is -0.302. The zero-order chi connectivity index (χ0) is 11.6. The summed E-state index contributed by atoms with van der Waals surface area (Å²) in [7, 11) is 0. The Balaban J connectivity index is 2.06. The number of aryl methyl sites for hydroxylation is 1. The molecule has 0 aliphatic heterocycles. The molecule has 1 aliphatic carbocycles. The molecule has 0 saturated heterocycles. The zero-order valence-electron chi connectivity index (χ0n) is 9.32. The van der Waals surface area contributed by atoms with Gasteiger partial charge in [0.25, 0.3) is 11.7 Å². The molecule has 0 radical (unpaired) electrons. The summed E-state index contributed by atoms with van der Waals surface area (Å²) in [6, 6.07) is 0. The van der Waals surface area contributed by atoms with Crippen molar-refractivity contribution in [3.8, 4) is 0 Å². The molecule has 0 aromatic carbocycles. The van der Waals surface area contributed by atoms with Crippen LogP contribution < -0.4 is 11.1 Å². The summed E-state index contributed by atoms with van der Waals surface area (Å²) in [4.78, 5) is 15.7. The lowest BCUT2D eigenvalue weighted by molar-refractivity contribution is 0.0889. The Kier molecular flexibility index (Phi) is 2.91. The van der Waals surface area contributed by atoms with Crippen molar-refractivity contribution < 1.29 is 9.32 Å². The minimum Gasteiger partial charge on any atom is -0.342 e. The Labute approximate surface area is 93.6 Å². The molecule has 0 unspecified atom stereocenters. The van der Waals surface area contributed by atoms with Gasteiger partial charge in [0.2, 0.25) is 5.89 Å². The average Bonchev–Trinajstić information content (AvgIpc) is 2.88. The molecule has 6 nitrogen and oxygen atoms in total. The second-order valence-electron chi connectivity index (χ2n) is 4.28. The highest BCUT2D eigenvalue weighted by Gasteiger charge is 2.35. The monoisotopic (exact) mass is 224 g/mol. The van der Waals surface area contributed by atoms with E-state index in [0.717, 1.165) is 25.7 Å². The SMILES string of the molecule is Cc1nc(C(=O)NC2(CN)CCCC2)no1. The van der Waals surface area contributed by atoms with Gasteiger partial charge >= 0.3 is 0 Å². The van der Waals surface area contributed by atoms with E-state index in [1.165, 1.54) is 0 Å². The van der Waals surface area contributed by atoms with Crippen LogP contribution in [0.2, 0.25) is 0 Å². The molecule has 1 amide bonds. The lowest BCUT2D eigenvalue weighted by Crippen LogP contribution is -2.51. The maximum atomic E-state index is 11.8. The number of nitrogens with zero attached hydrogens (tertiary/aromatic N) is 2. The van der Waals surface area contributed by atoms with Crippen molar-refractivity contribution in [3.63, 3.8) is 0 Å². The van der Waals surface area contributed by atoms with E-state index in [9.17, 15) is 4.79 Å². The van der Waals surface area contributed by atoms with E-state index >= 15 is 0 Å². The van der Waals surface area contributed by atoms with Crippen LogP contribution in [0.25, 0.3) is 0 Å². The Hall–Kier alpha value is -1.43. The predicted octanol–water partition coefficient (Wildman–Crippen LogP) is 0.379. The van der Waals surface area contributed by atoms with Crippen molar-refractivity contribution in [1.82, 2.24) is 15.5 Å². The summed E-state index contributed by atoms with van der Waals surface area (Å²) in [6.45, 7) is 2.10. The van der Waals surface area contributed by atoms with Crippen LogP contribution in [-0.2, 0) is 0 Å². The van der Waals surface area contributed by atoms with Gasteiger partial charge in [-0.1, -0.05) is 18.0 Å². The van der Waals surface area contributed by atoms with Crippen molar-refractivity contribution >= 4 is 5.91 Å². The molecule has 6 heteroatoms. The zero-order valence-corrected chi connectivity index (χ0v) is 9.32. The lowest BCUT2D eigenvalue weighted by atomic mass is 9.98. The van der Waals surface area contributed by atoms with E-state index in [-0.39, 0.29) is 17.3 Å². The van der Waals surface area contributed by atoms with Crippen LogP contribution in [0.4, 0.5) is 0 Å². The van der Waals surface area contributed by atoms with Gasteiger partial charge in [-0.2, -0.15) is 4.98 Å². The summed E-state index contributed by atoms with van der Waals surface area (Å²) in [6.07, 6.45) is 4.05. The molecular weight excluding hydrogens is 208 g/mol. The average molecular weight is 224 g/mol. The standard InChI is InChI=1S/C10H16N4O2/c1-7-12-8(14-16-7)9(15)13-10(6-11)4-2-3-5-10/h2-6,11H2,1H3,(H,13,15). The molecule has 0 spiro atoms. The van der Waals surface area contributed by atoms with Gasteiger partial charge in [0.1, 0.15) is 0 Å². The molecule has 1 fully saturated rings. The molecule has 2 rings (SSSR count). The van der Waals surface area contributed by atoms with Crippen LogP contribution in [0, 0.1) is 6.92 Å². The number of nitrogens with one attached hydrogen (secondary N) is 1. The molecule has 0 atom stereocenters. The lowest BCUT2D eigenvalue weighted by Gasteiger charge is -2.27. The number of hydrogen-bond acceptors (Lipinski definition) is 5. The van der Waals surface area contributed by atoms with Crippen molar-refractivity contribution in [2.75, 3.05) is 6.54 Å². The molecule has 1 aromatic heterocycles. The maximum absolute atomic E-state index is 11.8. The number of rotatable bonds is 3. The molecule has 3 N–H and O–H groups in total. The van der Waals surface area contributed by atoms with E-state index in [4.69, 9.17) is 10.3 Å². The highest BCUT2D eigenvalue weighted by Crippen LogP contribution is 2.28. The number of hydrogen-bond donors (Lipinski definition) is 2. The Bertz CT molecular complexity index is 382. The van der Waals surface area contributed by atoms with Crippen LogP contribution in [0.1, 0.15) is 42.2 Å². The van der Waals surface area contributed by atoms with E-state index in [1.807, 2.05) is 0 Å². The summed E-state index contributed by atoms with van der Waals surface area (Å²) >= 11 is 0. The van der Waals surface area contributed by atoms with Gasteiger partial charge < -0.3 is 15.6 Å². The second-order valence-corrected chi connectivity index (χ2v) is 4.28. The number of amides is 1. The summed E-state index contributed by atoms with van der Waals surface area (Å²) < 4.78 is 4.76. The highest BCUT2D eigenvalue weighted by molar-refractivity contribution is 5.90. The molecule has 88 valence electrons. The fraction of sp³-hybridized carbons (Fsp3) is 0.700. The normalized spacial score (nSPS) is 18.6. The van der Waals surface area contributed by atoms with E-state index in [1.54, 1.807) is 6.92 Å². The van der Waals surface area contributed by atoms with Gasteiger partial charge in [-0.05, 0) is 12.8 Å². The van der Waals surface area contributed by atoms with Crippen LogP contribution in [0.5, 0.6) is 0 Å². The minimum absolute atomic E-state index is 0.0808. The van der Waals surface area contributed by atoms with Gasteiger partial charge in [-0.15, -0.1) is 0 Å². The van der Waals surface area contributed by atoms with Crippen LogP contribution in [0.3, 0.4) is 0 Å². The molecule has 0 bridgehead atoms. The number of carbonyl (C=O) groups excluding carboxylic acids is 1. The predicted molar refractivity (Wildman–Crippen MR) is 56.8 cm³/mol. The van der Waals surface area contributed by atoms with E-state index < -0.39 is 0 Å². The third-order valence-electron chi connectivity index (χ3n) is 3.06. The maximum Gasteiger partial charge on any atom is 0.293 e. The van der Waals surface area contributed by atoms with Crippen molar-refractivity contribution in [2.24, 2.45) is 5.73 Å². The largest absolute Gasteiger partial charge is 0.342 e. The van der Waals surface area contributed by atoms with Crippen molar-refractivity contribution in [2.45, 2.75) is 38.1 Å². The first-order valence-corrected chi connectivity index (χ1v) is 5.48. The first kappa shape index (κ1) is 11.1. The number of aromatic nitrogens is 2. The molecule has 16 heavy (non-hydrogen) atoms. The summed E-state index contributed by atoms with van der Waals surface area (Å²) in [5.41, 5.74) is 5.45. The smallest absolute Gasteiger partial charge is 0.293 e. The molecule has 1 aromatic rings. The summed E-state index contributed by atoms with van der Waals surface area (Å²) in [5, 5.41) is 6.51. The van der Waals surface area contributed by atoms with E-state index in [0.29, 0.717) is 12.4 Å². The van der Waals surface area contributed by atoms with Gasteiger partial charge in [0.15, 0.2) is 0 Å². The Morgan fingerprint density at radius 2 is 2.25 bits per heavy atom. The molecular formula is C10H16N4O2.